The fourth-order valence-corrected chi connectivity index (χ4v) is 3.82. The van der Waals surface area contributed by atoms with Crippen LogP contribution in [0.5, 0.6) is 0 Å². The van der Waals surface area contributed by atoms with Crippen molar-refractivity contribution in [1.29, 1.82) is 0 Å². The van der Waals surface area contributed by atoms with E-state index >= 15 is 0 Å². The Balaban J connectivity index is 1.47. The molecule has 0 saturated heterocycles. The number of hydrogen-bond acceptors (Lipinski definition) is 2. The zero-order valence-electron chi connectivity index (χ0n) is 16.9. The zero-order valence-corrected chi connectivity index (χ0v) is 16.9. The molecule has 0 atom stereocenters. The minimum Gasteiger partial charge on any atom is -0.457 e. The van der Waals surface area contributed by atoms with Crippen molar-refractivity contribution in [2.45, 2.75) is 0 Å². The summed E-state index contributed by atoms with van der Waals surface area (Å²) in [5, 5.41) is 4.68. The topological polar surface area (TPSA) is 30.2 Å². The Bertz CT molecular complexity index is 1380. The number of hydrogen-bond donors (Lipinski definition) is 0. The van der Waals surface area contributed by atoms with Crippen molar-refractivity contribution in [3.8, 4) is 0 Å². The SMILES string of the molecule is O=c1cc(/C=C/c2cccc3ccccc23)oc(/C=C/c2cccc3ccccc23)c1. The second-order valence-corrected chi connectivity index (χ2v) is 7.40. The average molecular weight is 400 g/mol. The van der Waals surface area contributed by atoms with Crippen molar-refractivity contribution in [2.24, 2.45) is 0 Å². The standard InChI is InChI=1S/C29H20O2/c30-25-19-26(17-15-23-11-5-9-21-7-1-3-13-28(21)23)31-27(20-25)18-16-24-12-6-10-22-8-2-4-14-29(22)24/h1-20H/b17-15+,18-16+. The first-order chi connectivity index (χ1) is 15.3. The van der Waals surface area contributed by atoms with Crippen molar-refractivity contribution in [1.82, 2.24) is 0 Å². The molecule has 0 fully saturated rings. The zero-order chi connectivity index (χ0) is 21.0. The number of benzene rings is 4. The summed E-state index contributed by atoms with van der Waals surface area (Å²) in [6, 6.07) is 31.8. The lowest BCUT2D eigenvalue weighted by Crippen LogP contribution is -1.98. The highest BCUT2D eigenvalue weighted by Gasteiger charge is 2.01. The van der Waals surface area contributed by atoms with E-state index in [1.165, 1.54) is 22.9 Å². The minimum atomic E-state index is -0.0820. The highest BCUT2D eigenvalue weighted by molar-refractivity contribution is 5.93. The van der Waals surface area contributed by atoms with Crippen LogP contribution in [-0.4, -0.2) is 0 Å². The number of fused-ring (bicyclic) bond motifs is 2. The van der Waals surface area contributed by atoms with Crippen LogP contribution < -0.4 is 5.43 Å². The Hall–Kier alpha value is -4.17. The van der Waals surface area contributed by atoms with Crippen molar-refractivity contribution in [3.63, 3.8) is 0 Å². The van der Waals surface area contributed by atoms with Crippen LogP contribution in [0, 0.1) is 0 Å². The predicted molar refractivity (Wildman–Crippen MR) is 131 cm³/mol. The maximum Gasteiger partial charge on any atom is 0.186 e. The van der Waals surface area contributed by atoms with E-state index in [1.807, 2.05) is 60.7 Å². The first kappa shape index (κ1) is 18.8. The van der Waals surface area contributed by atoms with Gasteiger partial charge in [0.15, 0.2) is 5.43 Å². The van der Waals surface area contributed by atoms with Gasteiger partial charge in [0.25, 0.3) is 0 Å². The van der Waals surface area contributed by atoms with Gasteiger partial charge in [0.1, 0.15) is 11.5 Å². The van der Waals surface area contributed by atoms with E-state index in [-0.39, 0.29) is 5.43 Å². The van der Waals surface area contributed by atoms with Gasteiger partial charge in [-0.2, -0.15) is 0 Å². The molecule has 2 nitrogen and oxygen atoms in total. The van der Waals surface area contributed by atoms with E-state index in [9.17, 15) is 4.79 Å². The van der Waals surface area contributed by atoms with Crippen LogP contribution in [0.2, 0.25) is 0 Å². The third-order valence-electron chi connectivity index (χ3n) is 5.31. The van der Waals surface area contributed by atoms with E-state index < -0.39 is 0 Å². The van der Waals surface area contributed by atoms with E-state index in [1.54, 1.807) is 0 Å². The molecule has 0 radical (unpaired) electrons. The Morgan fingerprint density at radius 1 is 0.516 bits per heavy atom. The Labute approximate surface area is 180 Å². The largest absolute Gasteiger partial charge is 0.457 e. The molecule has 0 aliphatic rings. The molecule has 31 heavy (non-hydrogen) atoms. The van der Waals surface area contributed by atoms with Gasteiger partial charge in [-0.25, -0.2) is 0 Å². The van der Waals surface area contributed by atoms with Crippen molar-refractivity contribution in [3.05, 3.63) is 130 Å². The van der Waals surface area contributed by atoms with Gasteiger partial charge in [0, 0.05) is 12.1 Å². The fourth-order valence-electron chi connectivity index (χ4n) is 3.82. The first-order valence-electron chi connectivity index (χ1n) is 10.2. The minimum absolute atomic E-state index is 0.0820. The Morgan fingerprint density at radius 2 is 0.968 bits per heavy atom. The molecule has 0 N–H and O–H groups in total. The molecule has 0 spiro atoms. The molecule has 5 rings (SSSR count). The van der Waals surface area contributed by atoms with Crippen molar-refractivity contribution < 1.29 is 4.42 Å². The summed E-state index contributed by atoms with van der Waals surface area (Å²) in [6.45, 7) is 0. The van der Waals surface area contributed by atoms with Crippen LogP contribution in [0.4, 0.5) is 0 Å². The summed E-state index contributed by atoms with van der Waals surface area (Å²) >= 11 is 0. The summed E-state index contributed by atoms with van der Waals surface area (Å²) in [5.74, 6) is 1.05. The van der Waals surface area contributed by atoms with Crippen molar-refractivity contribution in [2.75, 3.05) is 0 Å². The molecular formula is C29H20O2. The molecule has 2 heteroatoms. The molecule has 1 heterocycles. The van der Waals surface area contributed by atoms with E-state index in [2.05, 4.69) is 48.5 Å². The lowest BCUT2D eigenvalue weighted by atomic mass is 10.0. The Kier molecular flexibility index (Phi) is 5.04. The maximum absolute atomic E-state index is 12.2. The van der Waals surface area contributed by atoms with Crippen LogP contribution in [0.1, 0.15) is 22.6 Å². The quantitative estimate of drug-likeness (QED) is 0.317. The van der Waals surface area contributed by atoms with E-state index in [4.69, 9.17) is 4.42 Å². The summed E-state index contributed by atoms with van der Waals surface area (Å²) in [5.41, 5.74) is 2.08. The van der Waals surface area contributed by atoms with Crippen LogP contribution in [0.15, 0.2) is 106 Å². The highest BCUT2D eigenvalue weighted by Crippen LogP contribution is 2.22. The fraction of sp³-hybridized carbons (Fsp3) is 0. The first-order valence-corrected chi connectivity index (χ1v) is 10.2. The second kappa shape index (κ2) is 8.29. The van der Waals surface area contributed by atoms with Gasteiger partial charge in [-0.05, 0) is 44.8 Å². The van der Waals surface area contributed by atoms with Gasteiger partial charge >= 0.3 is 0 Å². The predicted octanol–water partition coefficient (Wildman–Crippen LogP) is 7.29. The highest BCUT2D eigenvalue weighted by atomic mass is 16.3. The second-order valence-electron chi connectivity index (χ2n) is 7.40. The summed E-state index contributed by atoms with van der Waals surface area (Å²) in [6.07, 6.45) is 7.66. The lowest BCUT2D eigenvalue weighted by molar-refractivity contribution is 0.528. The molecule has 0 bridgehead atoms. The van der Waals surface area contributed by atoms with Gasteiger partial charge in [-0.3, -0.25) is 4.79 Å². The van der Waals surface area contributed by atoms with Gasteiger partial charge < -0.3 is 4.42 Å². The average Bonchev–Trinajstić information content (AvgIpc) is 2.81. The van der Waals surface area contributed by atoms with E-state index in [0.717, 1.165) is 21.9 Å². The molecule has 0 saturated carbocycles. The molecule has 1 aromatic heterocycles. The van der Waals surface area contributed by atoms with E-state index in [0.29, 0.717) is 11.5 Å². The smallest absolute Gasteiger partial charge is 0.186 e. The van der Waals surface area contributed by atoms with Gasteiger partial charge in [0.2, 0.25) is 0 Å². The summed E-state index contributed by atoms with van der Waals surface area (Å²) in [4.78, 5) is 12.2. The molecule has 5 aromatic rings. The van der Waals surface area contributed by atoms with Crippen molar-refractivity contribution >= 4 is 45.8 Å². The van der Waals surface area contributed by atoms with Crippen LogP contribution in [0.3, 0.4) is 0 Å². The van der Waals surface area contributed by atoms with Crippen LogP contribution >= 0.6 is 0 Å². The third-order valence-corrected chi connectivity index (χ3v) is 5.31. The molecule has 0 aliphatic carbocycles. The molecule has 0 aliphatic heterocycles. The summed E-state index contributed by atoms with van der Waals surface area (Å²) in [7, 11) is 0. The van der Waals surface area contributed by atoms with Gasteiger partial charge in [0.05, 0.1) is 0 Å². The third kappa shape index (κ3) is 4.10. The molecule has 148 valence electrons. The normalized spacial score (nSPS) is 11.7. The molecular weight excluding hydrogens is 380 g/mol. The van der Waals surface area contributed by atoms with Crippen LogP contribution in [-0.2, 0) is 0 Å². The van der Waals surface area contributed by atoms with Gasteiger partial charge in [-0.15, -0.1) is 0 Å². The molecule has 0 unspecified atom stereocenters. The molecule has 4 aromatic carbocycles. The van der Waals surface area contributed by atoms with Gasteiger partial charge in [-0.1, -0.05) is 97.1 Å². The van der Waals surface area contributed by atoms with Crippen LogP contribution in [0.25, 0.3) is 45.8 Å². The maximum atomic E-state index is 12.2. The number of rotatable bonds is 4. The Morgan fingerprint density at radius 3 is 1.48 bits per heavy atom. The molecule has 0 amide bonds. The summed E-state index contributed by atoms with van der Waals surface area (Å²) < 4.78 is 5.95. The monoisotopic (exact) mass is 400 g/mol. The lowest BCUT2D eigenvalue weighted by Gasteiger charge is -2.03.